The Balaban J connectivity index is 2.35. The lowest BCUT2D eigenvalue weighted by Crippen LogP contribution is -1.82. The van der Waals surface area contributed by atoms with Gasteiger partial charge in [0.1, 0.15) is 5.75 Å². The van der Waals surface area contributed by atoms with Crippen LogP contribution in [0.5, 0.6) is 5.75 Å². The molecule has 2 aromatic rings. The fraction of sp³-hybridized carbons (Fsp3) is 0.182. The summed E-state index contributed by atoms with van der Waals surface area (Å²) in [6, 6.07) is 9.60. The van der Waals surface area contributed by atoms with Gasteiger partial charge in [0.15, 0.2) is 5.76 Å². The van der Waals surface area contributed by atoms with Crippen molar-refractivity contribution in [3.8, 4) is 17.1 Å². The van der Waals surface area contributed by atoms with Gasteiger partial charge < -0.3 is 9.26 Å². The lowest BCUT2D eigenvalue weighted by atomic mass is 10.1. The molecule has 0 aliphatic carbocycles. The SMILES string of the molecule is COc1cccc(-c2cc(CBr)no2)c1. The molecular formula is C11H10BrNO2. The third kappa shape index (κ3) is 2.21. The first kappa shape index (κ1) is 10.2. The van der Waals surface area contributed by atoms with Gasteiger partial charge in [0.05, 0.1) is 12.8 Å². The summed E-state index contributed by atoms with van der Waals surface area (Å²) in [5.41, 5.74) is 1.85. The Labute approximate surface area is 96.2 Å². The van der Waals surface area contributed by atoms with Crippen molar-refractivity contribution in [3.63, 3.8) is 0 Å². The van der Waals surface area contributed by atoms with Crippen LogP contribution < -0.4 is 4.74 Å². The van der Waals surface area contributed by atoms with Crippen molar-refractivity contribution in [2.24, 2.45) is 0 Å². The molecule has 3 nitrogen and oxygen atoms in total. The highest BCUT2D eigenvalue weighted by Gasteiger charge is 2.06. The lowest BCUT2D eigenvalue weighted by molar-refractivity contribution is 0.413. The Kier molecular flexibility index (Phi) is 3.06. The minimum absolute atomic E-state index is 0.695. The second-order valence-electron chi connectivity index (χ2n) is 3.05. The fourth-order valence-corrected chi connectivity index (χ4v) is 1.55. The second kappa shape index (κ2) is 4.49. The van der Waals surface area contributed by atoms with Crippen molar-refractivity contribution in [1.29, 1.82) is 0 Å². The van der Waals surface area contributed by atoms with E-state index in [1.807, 2.05) is 30.3 Å². The van der Waals surface area contributed by atoms with Gasteiger partial charge in [-0.05, 0) is 12.1 Å². The van der Waals surface area contributed by atoms with E-state index >= 15 is 0 Å². The molecule has 78 valence electrons. The van der Waals surface area contributed by atoms with E-state index < -0.39 is 0 Å². The van der Waals surface area contributed by atoms with E-state index in [1.54, 1.807) is 7.11 Å². The summed E-state index contributed by atoms with van der Waals surface area (Å²) in [5.74, 6) is 1.56. The van der Waals surface area contributed by atoms with E-state index in [4.69, 9.17) is 9.26 Å². The molecule has 1 heterocycles. The van der Waals surface area contributed by atoms with Gasteiger partial charge >= 0.3 is 0 Å². The minimum atomic E-state index is 0.695. The van der Waals surface area contributed by atoms with E-state index in [0.29, 0.717) is 5.33 Å². The molecule has 0 saturated carbocycles. The monoisotopic (exact) mass is 267 g/mol. The molecule has 0 unspecified atom stereocenters. The van der Waals surface area contributed by atoms with Crippen molar-refractivity contribution in [3.05, 3.63) is 36.0 Å². The standard InChI is InChI=1S/C11H10BrNO2/c1-14-10-4-2-3-8(5-10)11-6-9(7-12)13-15-11/h2-6H,7H2,1H3. The van der Waals surface area contributed by atoms with E-state index in [9.17, 15) is 0 Å². The molecule has 4 heteroatoms. The molecular weight excluding hydrogens is 258 g/mol. The highest BCUT2D eigenvalue weighted by Crippen LogP contribution is 2.24. The van der Waals surface area contributed by atoms with Crippen LogP contribution in [0.2, 0.25) is 0 Å². The van der Waals surface area contributed by atoms with Gasteiger partial charge in [0.25, 0.3) is 0 Å². The third-order valence-electron chi connectivity index (χ3n) is 2.05. The van der Waals surface area contributed by atoms with Gasteiger partial charge in [-0.25, -0.2) is 0 Å². The number of benzene rings is 1. The molecule has 0 N–H and O–H groups in total. The zero-order valence-corrected chi connectivity index (χ0v) is 9.82. The number of alkyl halides is 1. The van der Waals surface area contributed by atoms with Crippen LogP contribution in [0.3, 0.4) is 0 Å². The quantitative estimate of drug-likeness (QED) is 0.801. The molecule has 0 saturated heterocycles. The molecule has 1 aromatic heterocycles. The highest BCUT2D eigenvalue weighted by atomic mass is 79.9. The highest BCUT2D eigenvalue weighted by molar-refractivity contribution is 9.08. The number of nitrogens with zero attached hydrogens (tertiary/aromatic N) is 1. The van der Waals surface area contributed by atoms with Crippen molar-refractivity contribution >= 4 is 15.9 Å². The topological polar surface area (TPSA) is 35.3 Å². The lowest BCUT2D eigenvalue weighted by Gasteiger charge is -2.00. The number of methoxy groups -OCH3 is 1. The largest absolute Gasteiger partial charge is 0.497 e. The Morgan fingerprint density at radius 1 is 1.40 bits per heavy atom. The first-order valence-corrected chi connectivity index (χ1v) is 5.61. The smallest absolute Gasteiger partial charge is 0.167 e. The molecule has 0 spiro atoms. The van der Waals surface area contributed by atoms with Crippen molar-refractivity contribution in [2.75, 3.05) is 7.11 Å². The van der Waals surface area contributed by atoms with Gasteiger partial charge in [-0.15, -0.1) is 0 Å². The summed E-state index contributed by atoms with van der Waals surface area (Å²) in [6.45, 7) is 0. The van der Waals surface area contributed by atoms with Crippen LogP contribution in [0.4, 0.5) is 0 Å². The molecule has 0 amide bonds. The molecule has 0 fully saturated rings. The zero-order chi connectivity index (χ0) is 10.7. The number of hydrogen-bond donors (Lipinski definition) is 0. The zero-order valence-electron chi connectivity index (χ0n) is 8.24. The van der Waals surface area contributed by atoms with Crippen LogP contribution in [-0.4, -0.2) is 12.3 Å². The molecule has 0 radical (unpaired) electrons. The molecule has 0 aliphatic heterocycles. The summed E-state index contributed by atoms with van der Waals surface area (Å²) in [5, 5.41) is 4.60. The molecule has 15 heavy (non-hydrogen) atoms. The van der Waals surface area contributed by atoms with E-state index in [2.05, 4.69) is 21.1 Å². The Morgan fingerprint density at radius 2 is 2.27 bits per heavy atom. The number of aromatic nitrogens is 1. The summed E-state index contributed by atoms with van der Waals surface area (Å²) < 4.78 is 10.3. The van der Waals surface area contributed by atoms with Crippen molar-refractivity contribution in [1.82, 2.24) is 5.16 Å². The average molecular weight is 268 g/mol. The molecule has 1 aromatic carbocycles. The number of rotatable bonds is 3. The van der Waals surface area contributed by atoms with Crippen LogP contribution in [0.25, 0.3) is 11.3 Å². The first-order chi connectivity index (χ1) is 7.33. The average Bonchev–Trinajstić information content (AvgIpc) is 2.78. The third-order valence-corrected chi connectivity index (χ3v) is 2.62. The first-order valence-electron chi connectivity index (χ1n) is 4.49. The fourth-order valence-electron chi connectivity index (χ4n) is 1.29. The summed E-state index contributed by atoms with van der Waals surface area (Å²) >= 11 is 3.32. The number of hydrogen-bond acceptors (Lipinski definition) is 3. The van der Waals surface area contributed by atoms with Gasteiger partial charge in [-0.3, -0.25) is 0 Å². The van der Waals surface area contributed by atoms with Crippen LogP contribution in [0, 0.1) is 0 Å². The maximum absolute atomic E-state index is 5.21. The minimum Gasteiger partial charge on any atom is -0.497 e. The van der Waals surface area contributed by atoms with Crippen LogP contribution in [0.15, 0.2) is 34.9 Å². The second-order valence-corrected chi connectivity index (χ2v) is 3.61. The number of ether oxygens (including phenoxy) is 1. The predicted molar refractivity (Wildman–Crippen MR) is 61.1 cm³/mol. The Morgan fingerprint density at radius 3 is 2.93 bits per heavy atom. The number of halogens is 1. The Bertz CT molecular complexity index is 453. The van der Waals surface area contributed by atoms with Crippen molar-refractivity contribution < 1.29 is 9.26 Å². The van der Waals surface area contributed by atoms with Crippen molar-refractivity contribution in [2.45, 2.75) is 5.33 Å². The van der Waals surface area contributed by atoms with E-state index in [0.717, 1.165) is 22.8 Å². The summed E-state index contributed by atoms with van der Waals surface area (Å²) in [4.78, 5) is 0. The molecule has 0 aliphatic rings. The summed E-state index contributed by atoms with van der Waals surface area (Å²) in [7, 11) is 1.64. The Hall–Kier alpha value is -1.29. The maximum atomic E-state index is 5.21. The normalized spacial score (nSPS) is 10.3. The molecule has 2 rings (SSSR count). The molecule has 0 bridgehead atoms. The van der Waals surface area contributed by atoms with Gasteiger partial charge in [0, 0.05) is 17.0 Å². The van der Waals surface area contributed by atoms with Crippen LogP contribution in [0.1, 0.15) is 5.69 Å². The summed E-state index contributed by atoms with van der Waals surface area (Å²) in [6.07, 6.45) is 0. The van der Waals surface area contributed by atoms with Gasteiger partial charge in [-0.2, -0.15) is 0 Å². The van der Waals surface area contributed by atoms with Crippen LogP contribution >= 0.6 is 15.9 Å². The van der Waals surface area contributed by atoms with Gasteiger partial charge in [-0.1, -0.05) is 33.2 Å². The predicted octanol–water partition coefficient (Wildman–Crippen LogP) is 3.25. The molecule has 0 atom stereocenters. The van der Waals surface area contributed by atoms with E-state index in [1.165, 1.54) is 0 Å². The maximum Gasteiger partial charge on any atom is 0.167 e. The van der Waals surface area contributed by atoms with Gasteiger partial charge in [0.2, 0.25) is 0 Å². The van der Waals surface area contributed by atoms with Crippen LogP contribution in [-0.2, 0) is 5.33 Å². The van der Waals surface area contributed by atoms with E-state index in [-0.39, 0.29) is 0 Å².